The van der Waals surface area contributed by atoms with E-state index in [2.05, 4.69) is 15.6 Å². The lowest BCUT2D eigenvalue weighted by Crippen LogP contribution is -2.32. The Morgan fingerprint density at radius 3 is 2.62 bits per heavy atom. The van der Waals surface area contributed by atoms with Crippen molar-refractivity contribution in [2.45, 2.75) is 38.5 Å². The lowest BCUT2D eigenvalue weighted by atomic mass is 10.0. The van der Waals surface area contributed by atoms with Crippen LogP contribution in [0.25, 0.3) is 0 Å². The zero-order valence-corrected chi connectivity index (χ0v) is 20.3. The van der Waals surface area contributed by atoms with Crippen molar-refractivity contribution in [1.29, 1.82) is 0 Å². The smallest absolute Gasteiger partial charge is 0.224 e. The number of hydrogen-bond acceptors (Lipinski definition) is 6. The molecule has 2 atom stereocenters. The summed E-state index contributed by atoms with van der Waals surface area (Å²) >= 11 is 12.0. The Hall–Kier alpha value is -2.84. The van der Waals surface area contributed by atoms with Crippen molar-refractivity contribution >= 4 is 34.9 Å². The predicted molar refractivity (Wildman–Crippen MR) is 135 cm³/mol. The SMILES string of the molecule is C[C@H](Cc1cccc(CC(=O)NCc2c(O)cc(Cl)cc2Cl)c1)NC[C@H](O)c1ccc(N)nc1. The number of nitrogens with two attached hydrogens (primary N) is 1. The molecular formula is C25H28Cl2N4O3. The third kappa shape index (κ3) is 7.60. The van der Waals surface area contributed by atoms with Crippen LogP contribution in [0.3, 0.4) is 0 Å². The van der Waals surface area contributed by atoms with Gasteiger partial charge in [0, 0.05) is 41.5 Å². The quantitative estimate of drug-likeness (QED) is 0.287. The molecule has 0 aliphatic heterocycles. The molecule has 3 rings (SSSR count). The van der Waals surface area contributed by atoms with Crippen LogP contribution in [0.2, 0.25) is 10.0 Å². The third-order valence-corrected chi connectivity index (χ3v) is 5.91. The average Bonchev–Trinajstić information content (AvgIpc) is 2.77. The van der Waals surface area contributed by atoms with Crippen molar-refractivity contribution in [1.82, 2.24) is 15.6 Å². The molecule has 0 unspecified atom stereocenters. The number of aromatic hydroxyl groups is 1. The van der Waals surface area contributed by atoms with Crippen molar-refractivity contribution in [3.05, 3.63) is 87.0 Å². The van der Waals surface area contributed by atoms with Gasteiger partial charge in [0.1, 0.15) is 11.6 Å². The van der Waals surface area contributed by atoms with Gasteiger partial charge in [0.25, 0.3) is 0 Å². The largest absolute Gasteiger partial charge is 0.507 e. The van der Waals surface area contributed by atoms with E-state index in [4.69, 9.17) is 28.9 Å². The van der Waals surface area contributed by atoms with Gasteiger partial charge < -0.3 is 26.6 Å². The number of carbonyl (C=O) groups excluding carboxylic acids is 1. The van der Waals surface area contributed by atoms with E-state index in [9.17, 15) is 15.0 Å². The van der Waals surface area contributed by atoms with Crippen LogP contribution in [0.4, 0.5) is 5.82 Å². The summed E-state index contributed by atoms with van der Waals surface area (Å²) in [4.78, 5) is 16.4. The molecule has 9 heteroatoms. The molecule has 0 bridgehead atoms. The number of hydrogen-bond donors (Lipinski definition) is 5. The van der Waals surface area contributed by atoms with Crippen molar-refractivity contribution in [2.75, 3.05) is 12.3 Å². The molecule has 0 radical (unpaired) electrons. The van der Waals surface area contributed by atoms with E-state index in [1.54, 1.807) is 18.3 Å². The Morgan fingerprint density at radius 1 is 1.15 bits per heavy atom. The first-order valence-electron chi connectivity index (χ1n) is 10.9. The number of nitrogen functional groups attached to an aromatic ring is 1. The second-order valence-corrected chi connectivity index (χ2v) is 9.05. The van der Waals surface area contributed by atoms with E-state index in [1.165, 1.54) is 12.1 Å². The number of pyridine rings is 1. The maximum absolute atomic E-state index is 12.4. The molecule has 0 saturated carbocycles. The summed E-state index contributed by atoms with van der Waals surface area (Å²) < 4.78 is 0. The number of halogens is 2. The number of aromatic nitrogens is 1. The molecule has 0 aliphatic rings. The van der Waals surface area contributed by atoms with Crippen LogP contribution in [0.1, 0.15) is 35.3 Å². The fraction of sp³-hybridized carbons (Fsp3) is 0.280. The molecule has 1 aromatic heterocycles. The van der Waals surface area contributed by atoms with Crippen molar-refractivity contribution < 1.29 is 15.0 Å². The van der Waals surface area contributed by atoms with Gasteiger partial charge in [-0.2, -0.15) is 0 Å². The molecule has 180 valence electrons. The number of amides is 1. The van der Waals surface area contributed by atoms with Gasteiger partial charge in [-0.15, -0.1) is 0 Å². The predicted octanol–water partition coefficient (Wildman–Crippen LogP) is 3.79. The van der Waals surface area contributed by atoms with Crippen LogP contribution in [0.5, 0.6) is 5.75 Å². The average molecular weight is 503 g/mol. The Balaban J connectivity index is 1.49. The molecule has 6 N–H and O–H groups in total. The second-order valence-electron chi connectivity index (χ2n) is 8.20. The number of aliphatic hydroxyl groups is 1. The van der Waals surface area contributed by atoms with Crippen molar-refractivity contribution in [3.8, 4) is 5.75 Å². The van der Waals surface area contributed by atoms with Gasteiger partial charge in [-0.3, -0.25) is 4.79 Å². The zero-order chi connectivity index (χ0) is 24.7. The molecule has 1 heterocycles. The molecule has 7 nitrogen and oxygen atoms in total. The fourth-order valence-electron chi connectivity index (χ4n) is 3.54. The first-order chi connectivity index (χ1) is 16.2. The molecule has 2 aromatic carbocycles. The minimum Gasteiger partial charge on any atom is -0.507 e. The third-order valence-electron chi connectivity index (χ3n) is 5.35. The van der Waals surface area contributed by atoms with Crippen LogP contribution in [0.15, 0.2) is 54.7 Å². The van der Waals surface area contributed by atoms with E-state index < -0.39 is 6.10 Å². The summed E-state index contributed by atoms with van der Waals surface area (Å²) in [5, 5.41) is 27.1. The summed E-state index contributed by atoms with van der Waals surface area (Å²) in [5.41, 5.74) is 8.66. The maximum atomic E-state index is 12.4. The first-order valence-corrected chi connectivity index (χ1v) is 11.6. The summed E-state index contributed by atoms with van der Waals surface area (Å²) in [5.74, 6) is 0.172. The molecule has 0 saturated heterocycles. The Morgan fingerprint density at radius 2 is 1.91 bits per heavy atom. The van der Waals surface area contributed by atoms with E-state index in [1.807, 2.05) is 31.2 Å². The number of nitrogens with one attached hydrogen (secondary N) is 2. The highest BCUT2D eigenvalue weighted by Crippen LogP contribution is 2.29. The molecular weight excluding hydrogens is 475 g/mol. The number of carbonyl (C=O) groups is 1. The molecule has 0 spiro atoms. The van der Waals surface area contributed by atoms with Crippen LogP contribution in [-0.2, 0) is 24.2 Å². The number of benzene rings is 2. The highest BCUT2D eigenvalue weighted by Gasteiger charge is 2.13. The number of phenolic OH excluding ortho intramolecular Hbond substituents is 1. The van der Waals surface area contributed by atoms with Crippen LogP contribution in [-0.4, -0.2) is 33.7 Å². The maximum Gasteiger partial charge on any atom is 0.224 e. The molecule has 0 aliphatic carbocycles. The van der Waals surface area contributed by atoms with Gasteiger partial charge in [-0.05, 0) is 42.7 Å². The van der Waals surface area contributed by atoms with Crippen LogP contribution in [0, 0.1) is 0 Å². The number of phenols is 1. The van der Waals surface area contributed by atoms with Gasteiger partial charge in [0.15, 0.2) is 0 Å². The summed E-state index contributed by atoms with van der Waals surface area (Å²) in [6, 6.07) is 14.2. The minimum absolute atomic E-state index is 0.0564. The molecule has 0 fully saturated rings. The fourth-order valence-corrected chi connectivity index (χ4v) is 4.09. The summed E-state index contributed by atoms with van der Waals surface area (Å²) in [7, 11) is 0. The summed E-state index contributed by atoms with van der Waals surface area (Å²) in [6.45, 7) is 2.53. The van der Waals surface area contributed by atoms with Crippen molar-refractivity contribution in [3.63, 3.8) is 0 Å². The Kier molecular flexibility index (Phi) is 9.12. The minimum atomic E-state index is -0.681. The van der Waals surface area contributed by atoms with E-state index in [0.717, 1.165) is 17.5 Å². The second kappa shape index (κ2) is 12.0. The van der Waals surface area contributed by atoms with E-state index in [-0.39, 0.29) is 30.7 Å². The highest BCUT2D eigenvalue weighted by atomic mass is 35.5. The highest BCUT2D eigenvalue weighted by molar-refractivity contribution is 6.35. The van der Waals surface area contributed by atoms with Crippen LogP contribution < -0.4 is 16.4 Å². The number of anilines is 1. The van der Waals surface area contributed by atoms with Crippen LogP contribution >= 0.6 is 23.2 Å². The molecule has 1 amide bonds. The topological polar surface area (TPSA) is 120 Å². The van der Waals surface area contributed by atoms with Gasteiger partial charge in [-0.1, -0.05) is 53.5 Å². The standard InChI is InChI=1S/C25H28Cl2N4O3/c1-15(29-14-23(33)18-5-6-24(28)30-12-18)7-16-3-2-4-17(8-16)9-25(34)31-13-20-21(27)10-19(26)11-22(20)32/h2-6,8,10-12,15,23,29,32-33H,7,9,13-14H2,1H3,(H2,28,30)(H,31,34)/t15-,23+/m1/s1. The monoisotopic (exact) mass is 502 g/mol. The van der Waals surface area contributed by atoms with Crippen molar-refractivity contribution in [2.24, 2.45) is 0 Å². The Labute approximate surface area is 208 Å². The normalized spacial score (nSPS) is 12.8. The number of aliphatic hydroxyl groups excluding tert-OH is 1. The number of nitrogens with zero attached hydrogens (tertiary/aromatic N) is 1. The van der Waals surface area contributed by atoms with E-state index >= 15 is 0 Å². The van der Waals surface area contributed by atoms with Gasteiger partial charge in [-0.25, -0.2) is 4.98 Å². The summed E-state index contributed by atoms with van der Waals surface area (Å²) in [6.07, 6.45) is 1.82. The first kappa shape index (κ1) is 25.8. The Bertz CT molecular complexity index is 1100. The lowest BCUT2D eigenvalue weighted by molar-refractivity contribution is -0.120. The van der Waals surface area contributed by atoms with E-state index in [0.29, 0.717) is 33.5 Å². The zero-order valence-electron chi connectivity index (χ0n) is 18.8. The van der Waals surface area contributed by atoms with Gasteiger partial charge in [0.05, 0.1) is 17.5 Å². The lowest BCUT2D eigenvalue weighted by Gasteiger charge is -2.18. The molecule has 3 aromatic rings. The molecule has 34 heavy (non-hydrogen) atoms. The van der Waals surface area contributed by atoms with Gasteiger partial charge in [0.2, 0.25) is 5.91 Å². The van der Waals surface area contributed by atoms with Gasteiger partial charge >= 0.3 is 0 Å². The number of rotatable bonds is 10.